The van der Waals surface area contributed by atoms with Crippen molar-refractivity contribution >= 4 is 52.1 Å². The van der Waals surface area contributed by atoms with E-state index in [1.54, 1.807) is 94.4 Å². The van der Waals surface area contributed by atoms with Crippen molar-refractivity contribution in [1.29, 1.82) is 0 Å². The summed E-state index contributed by atoms with van der Waals surface area (Å²) in [4.78, 5) is 63.0. The minimum Gasteiger partial charge on any atom is -0.478 e. The van der Waals surface area contributed by atoms with E-state index in [-0.39, 0.29) is 30.0 Å². The summed E-state index contributed by atoms with van der Waals surface area (Å²) in [5, 5.41) is 10.2. The molecule has 2 aromatic carbocycles. The van der Waals surface area contributed by atoms with Crippen molar-refractivity contribution < 1.29 is 48.0 Å². The Kier molecular flexibility index (Phi) is 12.0. The maximum Gasteiger partial charge on any atom is 0.509 e. The molecule has 0 aliphatic rings. The zero-order valence-corrected chi connectivity index (χ0v) is 33.3. The van der Waals surface area contributed by atoms with E-state index in [2.05, 4.69) is 0 Å². The van der Waals surface area contributed by atoms with Crippen molar-refractivity contribution in [3.05, 3.63) is 65.0 Å². The number of carboxylic acids is 1. The first kappa shape index (κ1) is 41.5. The molecule has 0 radical (unpaired) electrons. The van der Waals surface area contributed by atoms with Crippen LogP contribution in [0.1, 0.15) is 110 Å². The van der Waals surface area contributed by atoms with Gasteiger partial charge in [0.2, 0.25) is 0 Å². The largest absolute Gasteiger partial charge is 0.509 e. The van der Waals surface area contributed by atoms with Crippen LogP contribution in [0.15, 0.2) is 42.5 Å². The summed E-state index contributed by atoms with van der Waals surface area (Å²) in [6.07, 6.45) is -2.55. The molecular formula is C40H52N4O10. The number of hydrogen-bond acceptors (Lipinski definition) is 11. The van der Waals surface area contributed by atoms with Gasteiger partial charge >= 0.3 is 24.3 Å². The normalized spacial score (nSPS) is 12.4. The predicted molar refractivity (Wildman–Crippen MR) is 203 cm³/mol. The van der Waals surface area contributed by atoms with Gasteiger partial charge in [0.15, 0.2) is 5.82 Å². The lowest BCUT2D eigenvalue weighted by Gasteiger charge is -2.29. The van der Waals surface area contributed by atoms with Crippen molar-refractivity contribution in [2.45, 2.75) is 125 Å². The predicted octanol–water partition coefficient (Wildman–Crippen LogP) is 8.82. The van der Waals surface area contributed by atoms with Crippen LogP contribution in [0.4, 0.5) is 20.2 Å². The van der Waals surface area contributed by atoms with Crippen LogP contribution in [0.25, 0.3) is 21.9 Å². The van der Waals surface area contributed by atoms with Gasteiger partial charge in [0.1, 0.15) is 40.4 Å². The second-order valence-electron chi connectivity index (χ2n) is 16.5. The summed E-state index contributed by atoms with van der Waals surface area (Å²) >= 11 is 0. The highest BCUT2D eigenvalue weighted by Crippen LogP contribution is 2.36. The maximum absolute atomic E-state index is 14.0. The fraction of sp³-hybridized carbons (Fsp3) is 0.500. The van der Waals surface area contributed by atoms with Crippen molar-refractivity contribution in [2.75, 3.05) is 11.5 Å². The highest BCUT2D eigenvalue weighted by molar-refractivity contribution is 6.17. The number of aromatic carboxylic acids is 1. The van der Waals surface area contributed by atoms with E-state index < -0.39 is 46.7 Å². The van der Waals surface area contributed by atoms with Crippen molar-refractivity contribution in [3.63, 3.8) is 0 Å². The zero-order valence-electron chi connectivity index (χ0n) is 33.3. The van der Waals surface area contributed by atoms with Crippen LogP contribution in [-0.2, 0) is 43.3 Å². The summed E-state index contributed by atoms with van der Waals surface area (Å²) in [6.45, 7) is 21.0. The van der Waals surface area contributed by atoms with E-state index in [4.69, 9.17) is 33.7 Å². The standard InChI is InChI=1S/C40H52N4O10/c1-13-50-22-29-42-30-31(43(29)23-40(11,12)54-36(49)53-39(8,9)10)27-18-17-25(19-24-15-14-16-26(20-24)33(45)46)21-28(27)41-32(30)44(34(47)51-37(2,3)4)35(48)52-38(5,6)7/h14-18,20-21H,13,19,22-23H2,1-12H3,(H,45,46). The molecule has 0 atom stereocenters. The number of benzene rings is 2. The maximum atomic E-state index is 14.0. The van der Waals surface area contributed by atoms with Crippen LogP contribution in [0.5, 0.6) is 0 Å². The zero-order chi connectivity index (χ0) is 40.4. The van der Waals surface area contributed by atoms with E-state index in [1.165, 1.54) is 6.07 Å². The number of ether oxygens (including phenoxy) is 5. The monoisotopic (exact) mass is 748 g/mol. The molecule has 2 amide bonds. The van der Waals surface area contributed by atoms with Crippen LogP contribution in [0.2, 0.25) is 0 Å². The van der Waals surface area contributed by atoms with Gasteiger partial charge in [-0.25, -0.2) is 29.1 Å². The van der Waals surface area contributed by atoms with E-state index in [0.29, 0.717) is 35.3 Å². The third kappa shape index (κ3) is 10.9. The molecule has 0 bridgehead atoms. The molecule has 4 rings (SSSR count). The number of nitrogens with zero attached hydrogens (tertiary/aromatic N) is 4. The van der Waals surface area contributed by atoms with Crippen LogP contribution in [0, 0.1) is 0 Å². The number of hydrogen-bond donors (Lipinski definition) is 1. The fourth-order valence-corrected chi connectivity index (χ4v) is 5.53. The molecule has 4 aromatic rings. The number of imidazole rings is 1. The minimum atomic E-state index is -1.15. The van der Waals surface area contributed by atoms with E-state index in [0.717, 1.165) is 16.0 Å². The summed E-state index contributed by atoms with van der Waals surface area (Å²) in [7, 11) is 0. The molecule has 0 spiro atoms. The van der Waals surface area contributed by atoms with E-state index in [9.17, 15) is 24.3 Å². The van der Waals surface area contributed by atoms with Gasteiger partial charge in [0.25, 0.3) is 0 Å². The number of rotatable bonds is 10. The Morgan fingerprint density at radius 2 is 1.35 bits per heavy atom. The number of anilines is 1. The first-order valence-corrected chi connectivity index (χ1v) is 17.8. The van der Waals surface area contributed by atoms with Crippen molar-refractivity contribution in [3.8, 4) is 0 Å². The van der Waals surface area contributed by atoms with Crippen LogP contribution < -0.4 is 4.90 Å². The molecule has 2 heterocycles. The molecule has 0 aliphatic carbocycles. The topological polar surface area (TPSA) is 169 Å². The van der Waals surface area contributed by atoms with Gasteiger partial charge in [0.05, 0.1) is 23.1 Å². The molecule has 0 unspecified atom stereocenters. The number of amides is 2. The van der Waals surface area contributed by atoms with Crippen molar-refractivity contribution in [2.24, 2.45) is 0 Å². The highest BCUT2D eigenvalue weighted by Gasteiger charge is 2.37. The fourth-order valence-electron chi connectivity index (χ4n) is 5.53. The molecule has 14 heteroatoms. The molecule has 1 N–H and O–H groups in total. The number of imide groups is 1. The Bertz CT molecular complexity index is 2020. The minimum absolute atomic E-state index is 0.0332. The summed E-state index contributed by atoms with van der Waals surface area (Å²) in [6, 6.07) is 12.2. The molecule has 14 nitrogen and oxygen atoms in total. The molecule has 0 fully saturated rings. The first-order chi connectivity index (χ1) is 24.9. The Morgan fingerprint density at radius 3 is 1.91 bits per heavy atom. The number of carbonyl (C=O) groups excluding carboxylic acids is 3. The summed E-state index contributed by atoms with van der Waals surface area (Å²) in [5.74, 6) is -0.775. The number of carboxylic acid groups (broad SMARTS) is 1. The lowest BCUT2D eigenvalue weighted by Crippen LogP contribution is -2.44. The average molecular weight is 749 g/mol. The van der Waals surface area contributed by atoms with Gasteiger partial charge in [-0.3, -0.25) is 0 Å². The Hall–Kier alpha value is -5.24. The SMILES string of the molecule is CCOCc1nc2c(N(C(=O)OC(C)(C)C)C(=O)OC(C)(C)C)nc3cc(Cc4cccc(C(=O)O)c4)ccc3c2n1CC(C)(C)OC(=O)OC(C)(C)C. The summed E-state index contributed by atoms with van der Waals surface area (Å²) in [5.41, 5.74) is -1.21. The second-order valence-corrected chi connectivity index (χ2v) is 16.5. The second kappa shape index (κ2) is 15.6. The highest BCUT2D eigenvalue weighted by atomic mass is 16.7. The number of carbonyl (C=O) groups is 4. The molecule has 292 valence electrons. The van der Waals surface area contributed by atoms with Crippen LogP contribution >= 0.6 is 0 Å². The van der Waals surface area contributed by atoms with Gasteiger partial charge in [0, 0.05) is 12.0 Å². The molecule has 54 heavy (non-hydrogen) atoms. The Balaban J connectivity index is 2.04. The quantitative estimate of drug-likeness (QED) is 0.121. The first-order valence-electron chi connectivity index (χ1n) is 17.8. The van der Waals surface area contributed by atoms with Gasteiger partial charge in [-0.15, -0.1) is 0 Å². The van der Waals surface area contributed by atoms with Gasteiger partial charge in [-0.05, 0) is 119 Å². The smallest absolute Gasteiger partial charge is 0.478 e. The van der Waals surface area contributed by atoms with Gasteiger partial charge in [-0.1, -0.05) is 24.3 Å². The Labute approximate surface area is 315 Å². The number of pyridine rings is 1. The molecule has 0 saturated carbocycles. The molecule has 0 aliphatic heterocycles. The third-order valence-electron chi connectivity index (χ3n) is 7.47. The van der Waals surface area contributed by atoms with E-state index in [1.807, 2.05) is 29.7 Å². The van der Waals surface area contributed by atoms with Crippen LogP contribution in [0.3, 0.4) is 0 Å². The lowest BCUT2D eigenvalue weighted by molar-refractivity contribution is -0.0584. The van der Waals surface area contributed by atoms with E-state index >= 15 is 0 Å². The number of fused-ring (bicyclic) bond motifs is 3. The number of aromatic nitrogens is 3. The average Bonchev–Trinajstić information content (AvgIpc) is 3.34. The van der Waals surface area contributed by atoms with Crippen LogP contribution in [-0.4, -0.2) is 73.0 Å². The lowest BCUT2D eigenvalue weighted by atomic mass is 10.0. The molecular weight excluding hydrogens is 696 g/mol. The Morgan fingerprint density at radius 1 is 0.759 bits per heavy atom. The molecule has 0 saturated heterocycles. The van der Waals surface area contributed by atoms with Crippen molar-refractivity contribution in [1.82, 2.24) is 14.5 Å². The van der Waals surface area contributed by atoms with Gasteiger partial charge in [-0.2, -0.15) is 4.90 Å². The molecule has 2 aromatic heterocycles. The summed E-state index contributed by atoms with van der Waals surface area (Å²) < 4.78 is 30.3. The van der Waals surface area contributed by atoms with Gasteiger partial charge < -0.3 is 33.4 Å². The third-order valence-corrected chi connectivity index (χ3v) is 7.47.